The topological polar surface area (TPSA) is 53.1 Å². The van der Waals surface area contributed by atoms with Gasteiger partial charge in [-0.2, -0.15) is 5.10 Å². The van der Waals surface area contributed by atoms with Crippen molar-refractivity contribution in [3.05, 3.63) is 30.0 Å². The highest BCUT2D eigenvalue weighted by Crippen LogP contribution is 2.35. The number of nitrogen functional groups attached to an aromatic ring is 1. The average Bonchev–Trinajstić information content (AvgIpc) is 2.67. The Hall–Kier alpha value is -1.62. The first kappa shape index (κ1) is 13.8. The standard InChI is InChI=1S/C14H19N3OS/c1-4-8-17-14(13(15)10(2)16-17)19-12-7-5-6-11(9-12)18-3/h5-7,9H,4,8,15H2,1-3H3. The van der Waals surface area contributed by atoms with Gasteiger partial charge in [-0.15, -0.1) is 0 Å². The van der Waals surface area contributed by atoms with E-state index in [9.17, 15) is 0 Å². The zero-order chi connectivity index (χ0) is 13.8. The predicted octanol–water partition coefficient (Wildman–Crippen LogP) is 3.34. The van der Waals surface area contributed by atoms with E-state index in [1.165, 1.54) is 0 Å². The lowest BCUT2D eigenvalue weighted by atomic mass is 10.3. The molecular formula is C14H19N3OS. The number of anilines is 1. The molecule has 0 saturated heterocycles. The molecule has 0 amide bonds. The monoisotopic (exact) mass is 277 g/mol. The van der Waals surface area contributed by atoms with E-state index in [-0.39, 0.29) is 0 Å². The summed E-state index contributed by atoms with van der Waals surface area (Å²) in [6, 6.07) is 7.96. The molecular weight excluding hydrogens is 258 g/mol. The van der Waals surface area contributed by atoms with Crippen LogP contribution in [0.1, 0.15) is 19.0 Å². The van der Waals surface area contributed by atoms with Crippen LogP contribution in [0.2, 0.25) is 0 Å². The van der Waals surface area contributed by atoms with Gasteiger partial charge in [-0.3, -0.25) is 4.68 Å². The molecule has 102 valence electrons. The van der Waals surface area contributed by atoms with Gasteiger partial charge >= 0.3 is 0 Å². The molecule has 0 aliphatic heterocycles. The fourth-order valence-electron chi connectivity index (χ4n) is 1.82. The first-order chi connectivity index (χ1) is 9.15. The van der Waals surface area contributed by atoms with Gasteiger partial charge < -0.3 is 10.5 Å². The third-order valence-corrected chi connectivity index (χ3v) is 3.93. The highest BCUT2D eigenvalue weighted by Gasteiger charge is 2.13. The van der Waals surface area contributed by atoms with Crippen LogP contribution in [0.15, 0.2) is 34.2 Å². The van der Waals surface area contributed by atoms with Crippen LogP contribution in [0.4, 0.5) is 5.69 Å². The maximum atomic E-state index is 6.12. The number of aromatic nitrogens is 2. The van der Waals surface area contributed by atoms with Gasteiger partial charge in [-0.1, -0.05) is 24.8 Å². The van der Waals surface area contributed by atoms with Crippen molar-refractivity contribution in [1.82, 2.24) is 9.78 Å². The Bertz CT molecular complexity index is 566. The molecule has 1 aromatic heterocycles. The summed E-state index contributed by atoms with van der Waals surface area (Å²) in [5.74, 6) is 0.849. The molecule has 0 spiro atoms. The average molecular weight is 277 g/mol. The summed E-state index contributed by atoms with van der Waals surface area (Å²) in [4.78, 5) is 1.10. The van der Waals surface area contributed by atoms with Crippen molar-refractivity contribution in [2.45, 2.75) is 36.7 Å². The Morgan fingerprint density at radius 2 is 2.21 bits per heavy atom. The van der Waals surface area contributed by atoms with Crippen molar-refractivity contribution < 1.29 is 4.74 Å². The molecule has 5 heteroatoms. The van der Waals surface area contributed by atoms with Gasteiger partial charge in [0.2, 0.25) is 0 Å². The second-order valence-electron chi connectivity index (χ2n) is 4.31. The van der Waals surface area contributed by atoms with Crippen LogP contribution in [0, 0.1) is 6.92 Å². The molecule has 0 atom stereocenters. The first-order valence-electron chi connectivity index (χ1n) is 6.30. The molecule has 0 aliphatic rings. The van der Waals surface area contributed by atoms with Crippen molar-refractivity contribution in [3.8, 4) is 5.75 Å². The van der Waals surface area contributed by atoms with Crippen molar-refractivity contribution in [1.29, 1.82) is 0 Å². The maximum Gasteiger partial charge on any atom is 0.122 e. The lowest BCUT2D eigenvalue weighted by Gasteiger charge is -2.07. The molecule has 0 unspecified atom stereocenters. The molecule has 0 radical (unpaired) electrons. The summed E-state index contributed by atoms with van der Waals surface area (Å²) in [7, 11) is 1.67. The van der Waals surface area contributed by atoms with Crippen LogP contribution in [-0.4, -0.2) is 16.9 Å². The van der Waals surface area contributed by atoms with Crippen molar-refractivity contribution in [2.75, 3.05) is 12.8 Å². The van der Waals surface area contributed by atoms with Crippen molar-refractivity contribution >= 4 is 17.4 Å². The Balaban J connectivity index is 2.31. The van der Waals surface area contributed by atoms with Crippen LogP contribution in [-0.2, 0) is 6.54 Å². The minimum absolute atomic E-state index is 0.765. The number of rotatable bonds is 5. The van der Waals surface area contributed by atoms with Crippen LogP contribution in [0.3, 0.4) is 0 Å². The summed E-state index contributed by atoms with van der Waals surface area (Å²) in [6.45, 7) is 4.95. The molecule has 2 rings (SSSR count). The SMILES string of the molecule is CCCn1nc(C)c(N)c1Sc1cccc(OC)c1. The summed E-state index contributed by atoms with van der Waals surface area (Å²) in [5, 5.41) is 5.49. The van der Waals surface area contributed by atoms with Gasteiger partial charge in [-0.25, -0.2) is 0 Å². The zero-order valence-electron chi connectivity index (χ0n) is 11.5. The molecule has 1 heterocycles. The number of aryl methyl sites for hydroxylation is 2. The zero-order valence-corrected chi connectivity index (χ0v) is 12.3. The maximum absolute atomic E-state index is 6.12. The molecule has 2 aromatic rings. The van der Waals surface area contributed by atoms with E-state index in [0.717, 1.165) is 40.0 Å². The summed E-state index contributed by atoms with van der Waals surface area (Å²) >= 11 is 1.63. The minimum atomic E-state index is 0.765. The summed E-state index contributed by atoms with van der Waals surface area (Å²) < 4.78 is 7.22. The first-order valence-corrected chi connectivity index (χ1v) is 7.12. The number of hydrogen-bond acceptors (Lipinski definition) is 4. The van der Waals surface area contributed by atoms with Gasteiger partial charge in [-0.05, 0) is 31.5 Å². The molecule has 1 aromatic carbocycles. The molecule has 0 fully saturated rings. The fraction of sp³-hybridized carbons (Fsp3) is 0.357. The molecule has 2 N–H and O–H groups in total. The van der Waals surface area contributed by atoms with E-state index in [4.69, 9.17) is 10.5 Å². The normalized spacial score (nSPS) is 10.7. The third-order valence-electron chi connectivity index (χ3n) is 2.82. The number of nitrogens with zero attached hydrogens (tertiary/aromatic N) is 2. The Morgan fingerprint density at radius 1 is 1.42 bits per heavy atom. The molecule has 19 heavy (non-hydrogen) atoms. The number of ether oxygens (including phenoxy) is 1. The van der Waals surface area contributed by atoms with E-state index in [1.807, 2.05) is 35.9 Å². The Kier molecular flexibility index (Phi) is 4.37. The van der Waals surface area contributed by atoms with Crippen LogP contribution < -0.4 is 10.5 Å². The minimum Gasteiger partial charge on any atom is -0.497 e. The molecule has 4 nitrogen and oxygen atoms in total. The summed E-state index contributed by atoms with van der Waals surface area (Å²) in [5.41, 5.74) is 7.77. The van der Waals surface area contributed by atoms with E-state index in [1.54, 1.807) is 18.9 Å². The van der Waals surface area contributed by atoms with E-state index < -0.39 is 0 Å². The number of benzene rings is 1. The molecule has 0 aliphatic carbocycles. The van der Waals surface area contributed by atoms with Crippen LogP contribution >= 0.6 is 11.8 Å². The molecule has 0 bridgehead atoms. The lowest BCUT2D eigenvalue weighted by Crippen LogP contribution is -2.01. The quantitative estimate of drug-likeness (QED) is 0.910. The number of nitrogens with two attached hydrogens (primary N) is 1. The van der Waals surface area contributed by atoms with Gasteiger partial charge in [0.1, 0.15) is 10.8 Å². The van der Waals surface area contributed by atoms with Gasteiger partial charge in [0.15, 0.2) is 0 Å². The predicted molar refractivity (Wildman–Crippen MR) is 78.8 cm³/mol. The highest BCUT2D eigenvalue weighted by atomic mass is 32.2. The van der Waals surface area contributed by atoms with Gasteiger partial charge in [0.05, 0.1) is 18.5 Å². The third kappa shape index (κ3) is 3.04. The van der Waals surface area contributed by atoms with Crippen molar-refractivity contribution in [2.24, 2.45) is 0 Å². The second-order valence-corrected chi connectivity index (χ2v) is 5.37. The Morgan fingerprint density at radius 3 is 2.89 bits per heavy atom. The van der Waals surface area contributed by atoms with E-state index in [2.05, 4.69) is 12.0 Å². The lowest BCUT2D eigenvalue weighted by molar-refractivity contribution is 0.413. The second kappa shape index (κ2) is 6.02. The van der Waals surface area contributed by atoms with Crippen LogP contribution in [0.5, 0.6) is 5.75 Å². The number of methoxy groups -OCH3 is 1. The van der Waals surface area contributed by atoms with Crippen LogP contribution in [0.25, 0.3) is 0 Å². The van der Waals surface area contributed by atoms with Gasteiger partial charge in [0, 0.05) is 11.4 Å². The van der Waals surface area contributed by atoms with E-state index >= 15 is 0 Å². The molecule has 0 saturated carbocycles. The smallest absolute Gasteiger partial charge is 0.122 e. The Labute approximate surface area is 117 Å². The van der Waals surface area contributed by atoms with Crippen molar-refractivity contribution in [3.63, 3.8) is 0 Å². The highest BCUT2D eigenvalue weighted by molar-refractivity contribution is 7.99. The van der Waals surface area contributed by atoms with E-state index in [0.29, 0.717) is 0 Å². The largest absolute Gasteiger partial charge is 0.497 e. The number of hydrogen-bond donors (Lipinski definition) is 1. The van der Waals surface area contributed by atoms with Gasteiger partial charge in [0.25, 0.3) is 0 Å². The summed E-state index contributed by atoms with van der Waals surface area (Å²) in [6.07, 6.45) is 1.03. The fourth-order valence-corrected chi connectivity index (χ4v) is 2.86.